The molecule has 8 nitrogen and oxygen atoms in total. The molecule has 1 heterocycles. The molecule has 166 valence electrons. The van der Waals surface area contributed by atoms with E-state index in [2.05, 4.69) is 10.6 Å². The topological polar surface area (TPSA) is 114 Å². The number of nitrogens with zero attached hydrogens (tertiary/aromatic N) is 1. The van der Waals surface area contributed by atoms with Gasteiger partial charge in [0, 0.05) is 28.2 Å². The number of nitrogens with two attached hydrogens (primary N) is 1. The Hall–Kier alpha value is -4.43. The number of rotatable bonds is 5. The summed E-state index contributed by atoms with van der Waals surface area (Å²) in [6, 6.07) is 20.6. The van der Waals surface area contributed by atoms with Gasteiger partial charge < -0.3 is 15.4 Å². The monoisotopic (exact) mass is 442 g/mol. The number of ether oxygens (including phenoxy) is 1. The first-order valence-electron chi connectivity index (χ1n) is 10.2. The molecule has 4 rings (SSSR count). The zero-order valence-electron chi connectivity index (χ0n) is 18.1. The third-order valence-electron chi connectivity index (χ3n) is 5.28. The predicted molar refractivity (Wildman–Crippen MR) is 127 cm³/mol. The Bertz CT molecular complexity index is 1270. The normalized spacial score (nSPS) is 13.6. The fourth-order valence-electron chi connectivity index (χ4n) is 3.60. The van der Waals surface area contributed by atoms with E-state index in [1.807, 2.05) is 6.07 Å². The van der Waals surface area contributed by atoms with E-state index >= 15 is 0 Å². The second-order valence-corrected chi connectivity index (χ2v) is 7.42. The lowest BCUT2D eigenvalue weighted by molar-refractivity contribution is -0.110. The maximum absolute atomic E-state index is 12.7. The van der Waals surface area contributed by atoms with Crippen LogP contribution in [0.1, 0.15) is 33.2 Å². The highest BCUT2D eigenvalue weighted by Crippen LogP contribution is 2.35. The van der Waals surface area contributed by atoms with Crippen molar-refractivity contribution in [3.8, 4) is 0 Å². The van der Waals surface area contributed by atoms with E-state index in [1.165, 1.54) is 7.11 Å². The lowest BCUT2D eigenvalue weighted by Gasteiger charge is -2.17. The van der Waals surface area contributed by atoms with Gasteiger partial charge in [-0.3, -0.25) is 9.59 Å². The molecule has 0 aliphatic carbocycles. The van der Waals surface area contributed by atoms with Crippen LogP contribution in [0.4, 0.5) is 17.1 Å². The third kappa shape index (κ3) is 4.32. The smallest absolute Gasteiger partial charge is 0.337 e. The van der Waals surface area contributed by atoms with Gasteiger partial charge >= 0.3 is 5.97 Å². The molecule has 0 saturated heterocycles. The molecule has 0 unspecified atom stereocenters. The first-order chi connectivity index (χ1) is 15.9. The number of esters is 1. The van der Waals surface area contributed by atoms with E-state index in [0.717, 1.165) is 5.01 Å². The zero-order valence-corrected chi connectivity index (χ0v) is 18.1. The molecule has 0 radical (unpaired) electrons. The van der Waals surface area contributed by atoms with Crippen molar-refractivity contribution in [2.24, 2.45) is 5.84 Å². The van der Waals surface area contributed by atoms with Crippen LogP contribution in [-0.2, 0) is 9.53 Å². The highest BCUT2D eigenvalue weighted by molar-refractivity contribution is 6.32. The van der Waals surface area contributed by atoms with Crippen LogP contribution in [0.3, 0.4) is 0 Å². The molecule has 0 atom stereocenters. The fraction of sp³-hybridized carbons (Fsp3) is 0.0800. The average Bonchev–Trinajstić information content (AvgIpc) is 3.18. The van der Waals surface area contributed by atoms with E-state index in [1.54, 1.807) is 73.7 Å². The van der Waals surface area contributed by atoms with Crippen molar-refractivity contribution in [3.63, 3.8) is 0 Å². The van der Waals surface area contributed by atoms with Crippen LogP contribution in [-0.4, -0.2) is 24.9 Å². The van der Waals surface area contributed by atoms with Crippen LogP contribution in [0.5, 0.6) is 0 Å². The third-order valence-corrected chi connectivity index (χ3v) is 5.28. The van der Waals surface area contributed by atoms with Crippen LogP contribution in [0.25, 0.3) is 5.57 Å². The summed E-state index contributed by atoms with van der Waals surface area (Å²) < 4.78 is 4.77. The lowest BCUT2D eigenvalue weighted by atomic mass is 10.0. The van der Waals surface area contributed by atoms with Gasteiger partial charge in [0.2, 0.25) is 0 Å². The number of anilines is 3. The zero-order chi connectivity index (χ0) is 23.5. The van der Waals surface area contributed by atoms with Crippen LogP contribution < -0.4 is 21.5 Å². The van der Waals surface area contributed by atoms with Crippen LogP contribution in [0.15, 0.2) is 78.5 Å². The Morgan fingerprint density at radius 2 is 1.64 bits per heavy atom. The second kappa shape index (κ2) is 8.97. The number of benzene rings is 3. The average molecular weight is 442 g/mol. The van der Waals surface area contributed by atoms with Gasteiger partial charge in [-0.1, -0.05) is 18.2 Å². The number of methoxy groups -OCH3 is 1. The first kappa shape index (κ1) is 21.8. The number of hydrogen-bond donors (Lipinski definition) is 3. The number of carbonyl (C=O) groups is 3. The standard InChI is InChI=1S/C25H22N4O4/c1-15(22-20-14-17(25(32)33-2)10-13-21(20)28-23(22)30)27-18-11-8-16(9-12-18)24(31)29(26)19-6-4-3-5-7-19/h3-14,27H,26H2,1-2H3,(H,28,30). The maximum atomic E-state index is 12.7. The minimum atomic E-state index is -0.480. The first-order valence-corrected chi connectivity index (χ1v) is 10.2. The number of hydrogen-bond acceptors (Lipinski definition) is 6. The Balaban J connectivity index is 1.56. The van der Waals surface area contributed by atoms with Crippen molar-refractivity contribution in [3.05, 3.63) is 95.2 Å². The molecular formula is C25H22N4O4. The maximum Gasteiger partial charge on any atom is 0.337 e. The van der Waals surface area contributed by atoms with Gasteiger partial charge in [0.25, 0.3) is 11.8 Å². The Kier molecular flexibility index (Phi) is 5.93. The fourth-order valence-corrected chi connectivity index (χ4v) is 3.60. The molecule has 0 spiro atoms. The lowest BCUT2D eigenvalue weighted by Crippen LogP contribution is -2.37. The summed E-state index contributed by atoms with van der Waals surface area (Å²) in [5, 5.41) is 7.08. The number of carbonyl (C=O) groups excluding carboxylic acids is 3. The van der Waals surface area contributed by atoms with E-state index in [0.29, 0.717) is 45.0 Å². The number of para-hydroxylation sites is 1. The molecule has 33 heavy (non-hydrogen) atoms. The minimum absolute atomic E-state index is 0.273. The van der Waals surface area contributed by atoms with Crippen molar-refractivity contribution in [2.75, 3.05) is 22.8 Å². The van der Waals surface area contributed by atoms with Crippen molar-refractivity contribution in [1.82, 2.24) is 0 Å². The molecule has 3 aromatic carbocycles. The van der Waals surface area contributed by atoms with Gasteiger partial charge in [-0.25, -0.2) is 15.6 Å². The van der Waals surface area contributed by atoms with E-state index < -0.39 is 5.97 Å². The Morgan fingerprint density at radius 1 is 0.970 bits per heavy atom. The number of amides is 2. The van der Waals surface area contributed by atoms with Gasteiger partial charge in [0.05, 0.1) is 23.9 Å². The highest BCUT2D eigenvalue weighted by Gasteiger charge is 2.27. The van der Waals surface area contributed by atoms with Crippen LogP contribution in [0, 0.1) is 0 Å². The van der Waals surface area contributed by atoms with Crippen LogP contribution in [0.2, 0.25) is 0 Å². The number of nitrogens with one attached hydrogen (secondary N) is 2. The van der Waals surface area contributed by atoms with Gasteiger partial charge in [-0.05, 0) is 61.5 Å². The molecule has 2 amide bonds. The van der Waals surface area contributed by atoms with Crippen molar-refractivity contribution >= 4 is 40.4 Å². The van der Waals surface area contributed by atoms with Gasteiger partial charge in [0.1, 0.15) is 0 Å². The van der Waals surface area contributed by atoms with E-state index in [9.17, 15) is 14.4 Å². The minimum Gasteiger partial charge on any atom is -0.465 e. The molecule has 1 aliphatic heterocycles. The second-order valence-electron chi connectivity index (χ2n) is 7.42. The summed E-state index contributed by atoms with van der Waals surface area (Å²) in [4.78, 5) is 37.1. The molecule has 4 N–H and O–H groups in total. The molecule has 0 fully saturated rings. The summed E-state index contributed by atoms with van der Waals surface area (Å²) in [6.07, 6.45) is 0. The Morgan fingerprint density at radius 3 is 2.30 bits per heavy atom. The molecule has 0 bridgehead atoms. The number of fused-ring (bicyclic) bond motifs is 1. The van der Waals surface area contributed by atoms with Gasteiger partial charge in [0.15, 0.2) is 0 Å². The van der Waals surface area contributed by atoms with Crippen molar-refractivity contribution in [2.45, 2.75) is 6.92 Å². The quantitative estimate of drug-likeness (QED) is 0.182. The van der Waals surface area contributed by atoms with Crippen molar-refractivity contribution in [1.29, 1.82) is 0 Å². The summed E-state index contributed by atoms with van der Waals surface area (Å²) in [5.74, 6) is 4.86. The van der Waals surface area contributed by atoms with Crippen molar-refractivity contribution < 1.29 is 19.1 Å². The molecule has 1 aliphatic rings. The predicted octanol–water partition coefficient (Wildman–Crippen LogP) is 3.79. The molecule has 3 aromatic rings. The SMILES string of the molecule is COC(=O)c1ccc2c(c1)C(=C(C)Nc1ccc(C(=O)N(N)c3ccccc3)cc1)C(=O)N2. The Labute approximate surface area is 190 Å². The highest BCUT2D eigenvalue weighted by atomic mass is 16.5. The number of hydrazine groups is 1. The molecule has 8 heteroatoms. The molecular weight excluding hydrogens is 420 g/mol. The van der Waals surface area contributed by atoms with Gasteiger partial charge in [-0.15, -0.1) is 0 Å². The summed E-state index contributed by atoms with van der Waals surface area (Å²) in [5.41, 5.74) is 4.29. The number of allylic oxidation sites excluding steroid dienone is 1. The molecule has 0 saturated carbocycles. The largest absolute Gasteiger partial charge is 0.465 e. The summed E-state index contributed by atoms with van der Waals surface area (Å²) in [6.45, 7) is 1.77. The summed E-state index contributed by atoms with van der Waals surface area (Å²) in [7, 11) is 1.31. The summed E-state index contributed by atoms with van der Waals surface area (Å²) >= 11 is 0. The van der Waals surface area contributed by atoms with Gasteiger partial charge in [-0.2, -0.15) is 0 Å². The van der Waals surface area contributed by atoms with Crippen LogP contribution >= 0.6 is 0 Å². The van der Waals surface area contributed by atoms with E-state index in [4.69, 9.17) is 10.6 Å². The van der Waals surface area contributed by atoms with E-state index in [-0.39, 0.29) is 11.8 Å². The molecule has 0 aromatic heterocycles.